The molecule has 0 radical (unpaired) electrons. The Morgan fingerprint density at radius 2 is 2.38 bits per heavy atom. The van der Waals surface area contributed by atoms with Crippen LogP contribution in [0.25, 0.3) is 4.85 Å². The first-order valence-electron chi connectivity index (χ1n) is 2.04. The number of carbonyl (C=O) groups is 1. The van der Waals surface area contributed by atoms with Crippen LogP contribution in [0, 0.1) is 6.57 Å². The topological polar surface area (TPSA) is 33.5 Å². The van der Waals surface area contributed by atoms with Gasteiger partial charge in [-0.25, -0.2) is 0 Å². The van der Waals surface area contributed by atoms with Gasteiger partial charge in [0.1, 0.15) is 0 Å². The van der Waals surface area contributed by atoms with Crippen molar-refractivity contribution in [1.82, 2.24) is 5.32 Å². The van der Waals surface area contributed by atoms with Crippen molar-refractivity contribution in [3.05, 3.63) is 17.1 Å². The van der Waals surface area contributed by atoms with Crippen molar-refractivity contribution in [3.8, 4) is 6.57 Å². The zero-order chi connectivity index (χ0) is 6.57. The predicted molar refractivity (Wildman–Crippen MR) is 31.5 cm³/mol. The average Bonchev–Trinajstić information content (AvgIpc) is 1.84. The molecule has 0 aliphatic heterocycles. The molecule has 0 rings (SSSR count). The molecule has 0 aromatic carbocycles. The molecule has 0 fully saturated rings. The molecule has 0 saturated carbocycles. The summed E-state index contributed by atoms with van der Waals surface area (Å²) in [5, 5.41) is 2.30. The zero-order valence-corrected chi connectivity index (χ0v) is 4.64. The van der Waals surface area contributed by atoms with Gasteiger partial charge in [-0.2, -0.15) is 0 Å². The van der Waals surface area contributed by atoms with E-state index in [0.29, 0.717) is 0 Å². The van der Waals surface area contributed by atoms with Crippen LogP contribution in [0.3, 0.4) is 0 Å². The third kappa shape index (κ3) is 1.43. The number of amides is 1. The molecule has 0 aliphatic carbocycles. The Morgan fingerprint density at radius 3 is 2.50 bits per heavy atom. The lowest BCUT2D eigenvalue weighted by atomic mass is 10.5. The maximum Gasteiger partial charge on any atom is 0.396 e. The number of hydrogen-bond donors (Lipinski definition) is 1. The smallest absolute Gasteiger partial charge is 0.349 e. The van der Waals surface area contributed by atoms with E-state index in [1.807, 2.05) is 0 Å². The standard InChI is InChI=1S/C5H6N2O/c1-4(6-2)5(8)7-3/h2H,1H2,3H3/p+1. The molecule has 0 aromatic rings. The first-order valence-corrected chi connectivity index (χ1v) is 2.04. The summed E-state index contributed by atoms with van der Waals surface area (Å²) in [5.41, 5.74) is 0.0347. The summed E-state index contributed by atoms with van der Waals surface area (Å²) in [5.74, 6) is -0.354. The molecule has 3 nitrogen and oxygen atoms in total. The lowest BCUT2D eigenvalue weighted by molar-refractivity contribution is -0.116. The molecular weight excluding hydrogens is 104 g/mol. The van der Waals surface area contributed by atoms with Gasteiger partial charge >= 0.3 is 11.6 Å². The van der Waals surface area contributed by atoms with E-state index in [0.717, 1.165) is 0 Å². The lowest BCUT2D eigenvalue weighted by Gasteiger charge is -1.82. The van der Waals surface area contributed by atoms with Crippen molar-refractivity contribution in [2.24, 2.45) is 0 Å². The zero-order valence-electron chi connectivity index (χ0n) is 4.64. The molecule has 0 aromatic heterocycles. The lowest BCUT2D eigenvalue weighted by Crippen LogP contribution is -2.17. The third-order valence-electron chi connectivity index (χ3n) is 0.645. The Kier molecular flexibility index (Phi) is 2.35. The summed E-state index contributed by atoms with van der Waals surface area (Å²) in [7, 11) is 1.48. The van der Waals surface area contributed by atoms with Crippen molar-refractivity contribution in [2.45, 2.75) is 0 Å². The van der Waals surface area contributed by atoms with Gasteiger partial charge in [0, 0.05) is 7.05 Å². The Morgan fingerprint density at radius 1 is 1.88 bits per heavy atom. The van der Waals surface area contributed by atoms with E-state index in [2.05, 4.69) is 16.7 Å². The van der Waals surface area contributed by atoms with Crippen molar-refractivity contribution < 1.29 is 4.79 Å². The Bertz CT molecular complexity index is 154. The van der Waals surface area contributed by atoms with Crippen LogP contribution in [0.5, 0.6) is 0 Å². The summed E-state index contributed by atoms with van der Waals surface area (Å²) in [6.45, 7) is 7.95. The van der Waals surface area contributed by atoms with Crippen molar-refractivity contribution in [3.63, 3.8) is 0 Å². The fourth-order valence-electron chi connectivity index (χ4n) is 0.203. The summed E-state index contributed by atoms with van der Waals surface area (Å²) in [6.07, 6.45) is 0. The van der Waals surface area contributed by atoms with Crippen molar-refractivity contribution >= 4 is 5.91 Å². The number of rotatable bonds is 1. The van der Waals surface area contributed by atoms with Gasteiger partial charge in [0.25, 0.3) is 6.57 Å². The highest BCUT2D eigenvalue weighted by molar-refractivity contribution is 5.94. The summed E-state index contributed by atoms with van der Waals surface area (Å²) >= 11 is 0. The maximum absolute atomic E-state index is 10.4. The summed E-state index contributed by atoms with van der Waals surface area (Å²) < 4.78 is 0. The normalized spacial score (nSPS) is 7.00. The number of nitrogens with zero attached hydrogens (tertiary/aromatic N) is 1. The third-order valence-corrected chi connectivity index (χ3v) is 0.645. The van der Waals surface area contributed by atoms with Gasteiger partial charge in [-0.05, 0) is 11.4 Å². The number of hydrogen-bond acceptors (Lipinski definition) is 1. The van der Waals surface area contributed by atoms with E-state index in [4.69, 9.17) is 6.57 Å². The second-order valence-electron chi connectivity index (χ2n) is 1.15. The van der Waals surface area contributed by atoms with Crippen molar-refractivity contribution in [2.75, 3.05) is 7.05 Å². The molecular formula is C5H7N2O+. The van der Waals surface area contributed by atoms with Gasteiger partial charge in [-0.3, -0.25) is 4.79 Å². The molecule has 0 unspecified atom stereocenters. The summed E-state index contributed by atoms with van der Waals surface area (Å²) in [6, 6.07) is 0. The Balaban J connectivity index is 3.89. The second kappa shape index (κ2) is 2.80. The highest BCUT2D eigenvalue weighted by atomic mass is 16.1. The first kappa shape index (κ1) is 6.70. The maximum atomic E-state index is 10.4. The van der Waals surface area contributed by atoms with Crippen molar-refractivity contribution in [1.29, 1.82) is 0 Å². The number of likely N-dealkylation sites (N-methyl/N-ethyl adjacent to an activating group) is 1. The largest absolute Gasteiger partial charge is 0.396 e. The quantitative estimate of drug-likeness (QED) is 0.482. The van der Waals surface area contributed by atoms with E-state index < -0.39 is 0 Å². The predicted octanol–water partition coefficient (Wildman–Crippen LogP) is 0.209. The van der Waals surface area contributed by atoms with Crippen LogP contribution < -0.4 is 5.32 Å². The van der Waals surface area contributed by atoms with Gasteiger partial charge < -0.3 is 5.32 Å². The van der Waals surface area contributed by atoms with Crippen LogP contribution in [0.15, 0.2) is 12.3 Å². The van der Waals surface area contributed by atoms with Crippen LogP contribution in [-0.4, -0.2) is 13.0 Å². The number of nitrogens with one attached hydrogen (secondary N) is 1. The molecule has 1 N–H and O–H groups in total. The first-order chi connectivity index (χ1) is 3.72. The molecule has 0 aliphatic rings. The van der Waals surface area contributed by atoms with E-state index in [1.165, 1.54) is 7.05 Å². The van der Waals surface area contributed by atoms with E-state index in [1.54, 1.807) is 0 Å². The molecule has 3 heteroatoms. The monoisotopic (exact) mass is 111 g/mol. The van der Waals surface area contributed by atoms with E-state index >= 15 is 0 Å². The van der Waals surface area contributed by atoms with Gasteiger partial charge in [-0.15, -0.1) is 0 Å². The SMILES string of the molecule is C#[N+]C(=C)C(=O)NC. The molecule has 42 valence electrons. The van der Waals surface area contributed by atoms with Gasteiger partial charge in [0.2, 0.25) is 0 Å². The minimum Gasteiger partial charge on any atom is -0.349 e. The minimum atomic E-state index is -0.354. The van der Waals surface area contributed by atoms with Gasteiger partial charge in [0.05, 0.1) is 0 Å². The van der Waals surface area contributed by atoms with Crippen LogP contribution in [0.4, 0.5) is 0 Å². The average molecular weight is 111 g/mol. The summed E-state index contributed by atoms with van der Waals surface area (Å²) in [4.78, 5) is 13.4. The molecule has 0 spiro atoms. The number of carbonyl (C=O) groups excluding carboxylic acids is 1. The molecule has 0 heterocycles. The van der Waals surface area contributed by atoms with Crippen LogP contribution in [0.1, 0.15) is 0 Å². The van der Waals surface area contributed by atoms with E-state index in [-0.39, 0.29) is 11.6 Å². The molecule has 0 saturated heterocycles. The molecule has 0 bridgehead atoms. The highest BCUT2D eigenvalue weighted by Gasteiger charge is 2.10. The fourth-order valence-corrected chi connectivity index (χ4v) is 0.203. The van der Waals surface area contributed by atoms with Gasteiger partial charge in [-0.1, -0.05) is 0 Å². The molecule has 1 amide bonds. The minimum absolute atomic E-state index is 0.0347. The second-order valence-corrected chi connectivity index (χ2v) is 1.15. The van der Waals surface area contributed by atoms with Gasteiger partial charge in [0.15, 0.2) is 0 Å². The Labute approximate surface area is 47.8 Å². The Hall–Kier alpha value is -1.30. The molecule has 0 atom stereocenters. The molecule has 8 heavy (non-hydrogen) atoms. The highest BCUT2D eigenvalue weighted by Crippen LogP contribution is 1.87. The van der Waals surface area contributed by atoms with Crippen LogP contribution in [0.2, 0.25) is 0 Å². The fraction of sp³-hybridized carbons (Fsp3) is 0.200. The van der Waals surface area contributed by atoms with Crippen LogP contribution >= 0.6 is 0 Å². The van der Waals surface area contributed by atoms with Crippen LogP contribution in [-0.2, 0) is 4.79 Å². The van der Waals surface area contributed by atoms with E-state index in [9.17, 15) is 4.79 Å².